The molecule has 336 valence electrons. The van der Waals surface area contributed by atoms with E-state index in [4.69, 9.17) is 24.3 Å². The lowest BCUT2D eigenvalue weighted by Crippen LogP contribution is -2.28. The summed E-state index contributed by atoms with van der Waals surface area (Å²) in [5, 5.41) is 0. The van der Waals surface area contributed by atoms with E-state index in [1.54, 1.807) is 0 Å². The molecule has 3 N–H and O–H groups in total. The van der Waals surface area contributed by atoms with Crippen molar-refractivity contribution in [2.45, 2.75) is 264 Å². The lowest BCUT2D eigenvalue weighted by molar-refractivity contribution is -0.154. The molecule has 0 bridgehead atoms. The minimum Gasteiger partial charge on any atom is -0.457 e. The first kappa shape index (κ1) is 55.5. The van der Waals surface area contributed by atoms with Crippen LogP contribution in [0.4, 0.5) is 0 Å². The fourth-order valence-electron chi connectivity index (χ4n) is 7.41. The fourth-order valence-corrected chi connectivity index (χ4v) is 8.18. The largest absolute Gasteiger partial charge is 0.472 e. The van der Waals surface area contributed by atoms with Crippen LogP contribution in [-0.2, 0) is 27.9 Å². The minimum absolute atomic E-state index is 0.0898. The number of unbranched alkanes of at least 4 members (excludes halogenated alkanes) is 35. The van der Waals surface area contributed by atoms with Crippen LogP contribution in [0, 0.1) is 0 Å². The number of hydrogen-bond donors (Lipinski definition) is 2. The molecule has 0 saturated carbocycles. The molecule has 8 nitrogen and oxygen atoms in total. The topological polar surface area (TPSA) is 117 Å². The van der Waals surface area contributed by atoms with Crippen molar-refractivity contribution in [3.63, 3.8) is 0 Å². The molecule has 0 amide bonds. The van der Waals surface area contributed by atoms with Gasteiger partial charge in [0.2, 0.25) is 0 Å². The maximum absolute atomic E-state index is 12.6. The summed E-state index contributed by atoms with van der Waals surface area (Å²) in [4.78, 5) is 22.6. The first-order valence-corrected chi connectivity index (χ1v) is 26.0. The molecule has 0 fully saturated rings. The number of carbonyl (C=O) groups excluding carboxylic acids is 1. The first-order valence-electron chi connectivity index (χ1n) is 24.5. The zero-order chi connectivity index (χ0) is 40.9. The van der Waals surface area contributed by atoms with E-state index < -0.39 is 13.9 Å². The summed E-state index contributed by atoms with van der Waals surface area (Å²) in [7, 11) is -4.27. The number of phosphoric ester groups is 1. The molecular formula is C47H96NO7P. The number of hydrogen-bond acceptors (Lipinski definition) is 7. The second-order valence-corrected chi connectivity index (χ2v) is 18.2. The van der Waals surface area contributed by atoms with Crippen LogP contribution in [0.3, 0.4) is 0 Å². The number of carbonyl (C=O) groups is 1. The summed E-state index contributed by atoms with van der Waals surface area (Å²) in [6.45, 7) is 5.00. The van der Waals surface area contributed by atoms with E-state index in [9.17, 15) is 14.3 Å². The van der Waals surface area contributed by atoms with Crippen molar-refractivity contribution in [3.8, 4) is 0 Å². The van der Waals surface area contributed by atoms with E-state index in [2.05, 4.69) is 13.8 Å². The van der Waals surface area contributed by atoms with Crippen molar-refractivity contribution >= 4 is 13.8 Å². The Labute approximate surface area is 348 Å². The zero-order valence-corrected chi connectivity index (χ0v) is 38.3. The Hall–Kier alpha value is -0.500. The van der Waals surface area contributed by atoms with Crippen molar-refractivity contribution in [3.05, 3.63) is 0 Å². The van der Waals surface area contributed by atoms with Gasteiger partial charge in [0.1, 0.15) is 6.10 Å². The Balaban J connectivity index is 3.90. The van der Waals surface area contributed by atoms with Gasteiger partial charge < -0.3 is 20.1 Å². The van der Waals surface area contributed by atoms with Gasteiger partial charge in [0.25, 0.3) is 0 Å². The average molecular weight is 818 g/mol. The van der Waals surface area contributed by atoms with Crippen molar-refractivity contribution in [2.24, 2.45) is 5.73 Å². The van der Waals surface area contributed by atoms with Gasteiger partial charge in [0.15, 0.2) is 0 Å². The van der Waals surface area contributed by atoms with Gasteiger partial charge in [-0.3, -0.25) is 13.8 Å². The van der Waals surface area contributed by atoms with Crippen LogP contribution >= 0.6 is 7.82 Å². The molecule has 0 aromatic rings. The molecule has 0 spiro atoms. The summed E-state index contributed by atoms with van der Waals surface area (Å²) in [5.74, 6) is -0.321. The van der Waals surface area contributed by atoms with Crippen LogP contribution < -0.4 is 5.73 Å². The number of nitrogens with two attached hydrogens (primary N) is 1. The molecule has 2 unspecified atom stereocenters. The molecule has 0 aliphatic carbocycles. The first-order chi connectivity index (χ1) is 27.4. The lowest BCUT2D eigenvalue weighted by Gasteiger charge is -2.20. The summed E-state index contributed by atoms with van der Waals surface area (Å²) in [5.41, 5.74) is 5.38. The van der Waals surface area contributed by atoms with Crippen LogP contribution in [0.1, 0.15) is 258 Å². The minimum atomic E-state index is -4.27. The predicted molar refractivity (Wildman–Crippen MR) is 238 cm³/mol. The maximum atomic E-state index is 12.6. The maximum Gasteiger partial charge on any atom is 0.472 e. The van der Waals surface area contributed by atoms with Crippen LogP contribution in [0.15, 0.2) is 0 Å². The van der Waals surface area contributed by atoms with Crippen LogP contribution in [-0.4, -0.2) is 49.9 Å². The van der Waals surface area contributed by atoms with Crippen LogP contribution in [0.5, 0.6) is 0 Å². The second kappa shape index (κ2) is 45.6. The highest BCUT2D eigenvalue weighted by Gasteiger charge is 2.25. The molecule has 9 heteroatoms. The molecule has 0 radical (unpaired) electrons. The average Bonchev–Trinajstić information content (AvgIpc) is 3.19. The molecule has 0 rings (SSSR count). The lowest BCUT2D eigenvalue weighted by atomic mass is 10.0. The standard InChI is InChI=1S/C47H96NO7P/c1-3-5-7-9-11-13-15-17-19-21-23-24-26-28-30-32-34-36-38-40-47(49)55-46(45-54-56(50,51)53-43-41-48)44-52-42-39-37-35-33-31-29-27-25-22-20-18-16-14-12-10-8-6-4-2/h46H,3-45,48H2,1-2H3,(H,50,51). The SMILES string of the molecule is CCCCCCCCCCCCCCCCCCCCCC(=O)OC(COCCCCCCCCCCCCCCCCCCCC)COP(=O)(O)OCCN. The van der Waals surface area contributed by atoms with Crippen molar-refractivity contribution in [2.75, 3.05) is 33.0 Å². The van der Waals surface area contributed by atoms with Crippen molar-refractivity contribution < 1.29 is 32.8 Å². The quantitative estimate of drug-likeness (QED) is 0.0354. The van der Waals surface area contributed by atoms with Gasteiger partial charge in [-0.1, -0.05) is 239 Å². The van der Waals surface area contributed by atoms with Gasteiger partial charge in [0.05, 0.1) is 19.8 Å². The van der Waals surface area contributed by atoms with Gasteiger partial charge in [-0.05, 0) is 12.8 Å². The predicted octanol–water partition coefficient (Wildman–Crippen LogP) is 14.9. The van der Waals surface area contributed by atoms with Gasteiger partial charge in [0, 0.05) is 19.6 Å². The van der Waals surface area contributed by atoms with Gasteiger partial charge in [-0.2, -0.15) is 0 Å². The Morgan fingerprint density at radius 3 is 1.12 bits per heavy atom. The molecule has 2 atom stereocenters. The number of phosphoric acid groups is 1. The molecular weight excluding hydrogens is 721 g/mol. The Kier molecular flexibility index (Phi) is 45.2. The van der Waals surface area contributed by atoms with Crippen LogP contribution in [0.2, 0.25) is 0 Å². The molecule has 0 saturated heterocycles. The normalized spacial score (nSPS) is 13.3. The number of ether oxygens (including phenoxy) is 2. The van der Waals surface area contributed by atoms with E-state index in [0.717, 1.165) is 32.1 Å². The molecule has 0 aromatic heterocycles. The van der Waals surface area contributed by atoms with Crippen LogP contribution in [0.25, 0.3) is 0 Å². The number of rotatable bonds is 48. The van der Waals surface area contributed by atoms with E-state index in [1.807, 2.05) is 0 Å². The highest BCUT2D eigenvalue weighted by Crippen LogP contribution is 2.43. The monoisotopic (exact) mass is 818 g/mol. The molecule has 0 aliphatic heterocycles. The van der Waals surface area contributed by atoms with Crippen molar-refractivity contribution in [1.29, 1.82) is 0 Å². The molecule has 0 aromatic carbocycles. The molecule has 56 heavy (non-hydrogen) atoms. The van der Waals surface area contributed by atoms with E-state index in [-0.39, 0.29) is 32.3 Å². The third-order valence-corrected chi connectivity index (χ3v) is 12.0. The Morgan fingerprint density at radius 1 is 0.464 bits per heavy atom. The van der Waals surface area contributed by atoms with Gasteiger partial charge in [-0.15, -0.1) is 0 Å². The zero-order valence-electron chi connectivity index (χ0n) is 37.4. The third-order valence-electron chi connectivity index (χ3n) is 11.0. The van der Waals surface area contributed by atoms with Crippen molar-refractivity contribution in [1.82, 2.24) is 0 Å². The highest BCUT2D eigenvalue weighted by atomic mass is 31.2. The Morgan fingerprint density at radius 2 is 0.786 bits per heavy atom. The summed E-state index contributed by atoms with van der Waals surface area (Å²) < 4.78 is 33.6. The fraction of sp³-hybridized carbons (Fsp3) is 0.979. The summed E-state index contributed by atoms with van der Waals surface area (Å²) in [6, 6.07) is 0. The van der Waals surface area contributed by atoms with E-state index >= 15 is 0 Å². The smallest absolute Gasteiger partial charge is 0.457 e. The number of esters is 1. The highest BCUT2D eigenvalue weighted by molar-refractivity contribution is 7.47. The van der Waals surface area contributed by atoms with E-state index in [1.165, 1.54) is 205 Å². The van der Waals surface area contributed by atoms with Gasteiger partial charge in [-0.25, -0.2) is 4.57 Å². The third kappa shape index (κ3) is 44.6. The Bertz CT molecular complexity index is 832. The van der Waals surface area contributed by atoms with E-state index in [0.29, 0.717) is 13.0 Å². The molecule has 0 aliphatic rings. The molecule has 0 heterocycles. The summed E-state index contributed by atoms with van der Waals surface area (Å²) >= 11 is 0. The van der Waals surface area contributed by atoms with Gasteiger partial charge >= 0.3 is 13.8 Å². The second-order valence-electron chi connectivity index (χ2n) is 16.7. The summed E-state index contributed by atoms with van der Waals surface area (Å²) in [6.07, 6.45) is 48.4.